The highest BCUT2D eigenvalue weighted by atomic mass is 32.2. The van der Waals surface area contributed by atoms with Gasteiger partial charge in [-0.3, -0.25) is 9.69 Å². The summed E-state index contributed by atoms with van der Waals surface area (Å²) in [5.74, 6) is -0.346. The summed E-state index contributed by atoms with van der Waals surface area (Å²) in [4.78, 5) is 25.6. The summed E-state index contributed by atoms with van der Waals surface area (Å²) in [7, 11) is -1.84. The fraction of sp³-hybridized carbons (Fsp3) is 0.529. The van der Waals surface area contributed by atoms with E-state index in [1.807, 2.05) is 0 Å². The number of carbonyl (C=O) groups excluding carboxylic acids is 2. The molecule has 0 bridgehead atoms. The van der Waals surface area contributed by atoms with Gasteiger partial charge >= 0.3 is 6.09 Å². The Bertz CT molecular complexity index is 748. The lowest BCUT2D eigenvalue weighted by Crippen LogP contribution is -2.49. The zero-order valence-corrected chi connectivity index (χ0v) is 16.1. The molecular weight excluding hydrogens is 358 g/mol. The van der Waals surface area contributed by atoms with E-state index in [4.69, 9.17) is 4.74 Å². The first-order chi connectivity index (χ1) is 12.2. The average molecular weight is 383 g/mol. The van der Waals surface area contributed by atoms with Gasteiger partial charge in [0.25, 0.3) is 0 Å². The fourth-order valence-corrected chi connectivity index (χ4v) is 4.01. The highest BCUT2D eigenvalue weighted by Gasteiger charge is 2.34. The van der Waals surface area contributed by atoms with E-state index in [0.29, 0.717) is 24.3 Å². The normalized spacial score (nSPS) is 18.2. The van der Waals surface area contributed by atoms with Gasteiger partial charge in [0.05, 0.1) is 12.9 Å². The van der Waals surface area contributed by atoms with Crippen LogP contribution in [0.3, 0.4) is 0 Å². The summed E-state index contributed by atoms with van der Waals surface area (Å²) in [6.07, 6.45) is 2.73. The molecule has 144 valence electrons. The second-order valence-electron chi connectivity index (χ2n) is 6.18. The molecule has 9 heteroatoms. The third kappa shape index (κ3) is 4.95. The van der Waals surface area contributed by atoms with Crippen molar-refractivity contribution in [3.8, 4) is 0 Å². The average Bonchev–Trinajstić information content (AvgIpc) is 2.61. The molecule has 0 spiro atoms. The van der Waals surface area contributed by atoms with Gasteiger partial charge in [0.1, 0.15) is 6.04 Å². The third-order valence-electron chi connectivity index (χ3n) is 4.25. The maximum Gasteiger partial charge on any atom is 0.413 e. The lowest BCUT2D eigenvalue weighted by atomic mass is 10.0. The molecule has 1 N–H and O–H groups in total. The Kier molecular flexibility index (Phi) is 6.60. The van der Waals surface area contributed by atoms with E-state index in [-0.39, 0.29) is 12.5 Å². The molecule has 1 fully saturated rings. The summed E-state index contributed by atoms with van der Waals surface area (Å²) in [6, 6.07) is 6.00. The van der Waals surface area contributed by atoms with E-state index in [1.54, 1.807) is 38.2 Å². The minimum atomic E-state index is -3.43. The van der Waals surface area contributed by atoms with Gasteiger partial charge in [-0.25, -0.2) is 13.2 Å². The minimum absolute atomic E-state index is 0.287. The maximum absolute atomic E-state index is 12.5. The number of piperidine rings is 1. The first-order valence-corrected chi connectivity index (χ1v) is 10.4. The molecule has 1 aliphatic rings. The van der Waals surface area contributed by atoms with Gasteiger partial charge in [-0.1, -0.05) is 6.42 Å². The molecule has 2 amide bonds. The Morgan fingerprint density at radius 1 is 1.27 bits per heavy atom. The van der Waals surface area contributed by atoms with Crippen LogP contribution in [0.5, 0.6) is 0 Å². The number of rotatable bonds is 5. The topological polar surface area (TPSA) is 96.0 Å². The van der Waals surface area contributed by atoms with Crippen molar-refractivity contribution in [2.45, 2.75) is 32.2 Å². The number of nitrogens with zero attached hydrogens (tertiary/aromatic N) is 2. The van der Waals surface area contributed by atoms with Gasteiger partial charge < -0.3 is 10.1 Å². The first kappa shape index (κ1) is 20.2. The molecule has 0 aromatic heterocycles. The Morgan fingerprint density at radius 3 is 2.50 bits per heavy atom. The van der Waals surface area contributed by atoms with Gasteiger partial charge in [-0.15, -0.1) is 0 Å². The standard InChI is InChI=1S/C17H25N3O5S/c1-4-25-17(22)19(2)14-10-8-13(9-11-14)18-16(21)15-7-5-6-12-20(15)26(3,23)24/h8-11,15H,4-7,12H2,1-3H3,(H,18,21). The molecule has 1 unspecified atom stereocenters. The summed E-state index contributed by atoms with van der Waals surface area (Å²) >= 11 is 0. The Hall–Kier alpha value is -2.13. The van der Waals surface area contributed by atoms with Crippen molar-refractivity contribution in [1.29, 1.82) is 0 Å². The number of nitrogens with one attached hydrogen (secondary N) is 1. The second kappa shape index (κ2) is 8.50. The quantitative estimate of drug-likeness (QED) is 0.839. The number of anilines is 2. The van der Waals surface area contributed by atoms with Crippen LogP contribution >= 0.6 is 0 Å². The van der Waals surface area contributed by atoms with Crippen LogP contribution in [-0.2, 0) is 19.6 Å². The van der Waals surface area contributed by atoms with E-state index in [9.17, 15) is 18.0 Å². The van der Waals surface area contributed by atoms with Crippen LogP contribution in [0.2, 0.25) is 0 Å². The molecule has 0 saturated carbocycles. The number of carbonyl (C=O) groups is 2. The maximum atomic E-state index is 12.5. The van der Waals surface area contributed by atoms with Crippen LogP contribution in [0.25, 0.3) is 0 Å². The van der Waals surface area contributed by atoms with Crippen LogP contribution in [0.1, 0.15) is 26.2 Å². The third-order valence-corrected chi connectivity index (χ3v) is 5.54. The zero-order valence-electron chi connectivity index (χ0n) is 15.3. The van der Waals surface area contributed by atoms with Crippen molar-refractivity contribution in [3.63, 3.8) is 0 Å². The number of ether oxygens (including phenoxy) is 1. The summed E-state index contributed by atoms with van der Waals surface area (Å²) in [6.45, 7) is 2.38. The Morgan fingerprint density at radius 2 is 1.92 bits per heavy atom. The van der Waals surface area contributed by atoms with Crippen LogP contribution < -0.4 is 10.2 Å². The highest BCUT2D eigenvalue weighted by molar-refractivity contribution is 7.88. The number of hydrogen-bond donors (Lipinski definition) is 1. The molecule has 0 aliphatic carbocycles. The predicted molar refractivity (Wildman–Crippen MR) is 99.7 cm³/mol. The molecule has 1 saturated heterocycles. The number of sulfonamides is 1. The SMILES string of the molecule is CCOC(=O)N(C)c1ccc(NC(=O)C2CCCCN2S(C)(=O)=O)cc1. The van der Waals surface area contributed by atoms with Crippen LogP contribution in [0.15, 0.2) is 24.3 Å². The molecule has 0 radical (unpaired) electrons. The van der Waals surface area contributed by atoms with Crippen LogP contribution in [0, 0.1) is 0 Å². The van der Waals surface area contributed by atoms with Gasteiger partial charge in [0.15, 0.2) is 0 Å². The number of hydrogen-bond acceptors (Lipinski definition) is 5. The van der Waals surface area contributed by atoms with E-state index >= 15 is 0 Å². The molecule has 8 nitrogen and oxygen atoms in total. The lowest BCUT2D eigenvalue weighted by Gasteiger charge is -2.32. The first-order valence-electron chi connectivity index (χ1n) is 8.52. The Balaban J connectivity index is 2.06. The zero-order chi connectivity index (χ0) is 19.3. The van der Waals surface area contributed by atoms with Crippen molar-refractivity contribution in [1.82, 2.24) is 4.31 Å². The molecule has 1 aliphatic heterocycles. The summed E-state index contributed by atoms with van der Waals surface area (Å²) in [5.41, 5.74) is 1.16. The molecule has 1 aromatic carbocycles. The van der Waals surface area contributed by atoms with Crippen LogP contribution in [0.4, 0.5) is 16.2 Å². The largest absolute Gasteiger partial charge is 0.449 e. The fourth-order valence-electron chi connectivity index (χ4n) is 2.88. The van der Waals surface area contributed by atoms with Crippen molar-refractivity contribution in [3.05, 3.63) is 24.3 Å². The summed E-state index contributed by atoms with van der Waals surface area (Å²) < 4.78 is 30.0. The molecular formula is C17H25N3O5S. The monoisotopic (exact) mass is 383 g/mol. The van der Waals surface area contributed by atoms with Crippen LogP contribution in [-0.4, -0.2) is 57.2 Å². The van der Waals surface area contributed by atoms with Gasteiger partial charge in [0, 0.05) is 25.0 Å². The lowest BCUT2D eigenvalue weighted by molar-refractivity contribution is -0.120. The smallest absolute Gasteiger partial charge is 0.413 e. The molecule has 1 heterocycles. The van der Waals surface area contributed by atoms with Crippen molar-refractivity contribution in [2.75, 3.05) is 36.7 Å². The molecule has 2 rings (SSSR count). The predicted octanol–water partition coefficient (Wildman–Crippen LogP) is 2.03. The Labute approximate surface area is 154 Å². The van der Waals surface area contributed by atoms with Gasteiger partial charge in [-0.2, -0.15) is 4.31 Å². The number of amides is 2. The highest BCUT2D eigenvalue weighted by Crippen LogP contribution is 2.22. The van der Waals surface area contributed by atoms with E-state index in [0.717, 1.165) is 19.1 Å². The van der Waals surface area contributed by atoms with Crippen molar-refractivity contribution >= 4 is 33.4 Å². The van der Waals surface area contributed by atoms with Gasteiger partial charge in [0.2, 0.25) is 15.9 Å². The molecule has 1 atom stereocenters. The second-order valence-corrected chi connectivity index (χ2v) is 8.11. The minimum Gasteiger partial charge on any atom is -0.449 e. The molecule has 1 aromatic rings. The van der Waals surface area contributed by atoms with Gasteiger partial charge in [-0.05, 0) is 44.0 Å². The van der Waals surface area contributed by atoms with Crippen molar-refractivity contribution in [2.24, 2.45) is 0 Å². The van der Waals surface area contributed by atoms with E-state index < -0.39 is 22.2 Å². The van der Waals surface area contributed by atoms with Crippen molar-refractivity contribution < 1.29 is 22.7 Å². The summed E-state index contributed by atoms with van der Waals surface area (Å²) in [5, 5.41) is 2.75. The molecule has 26 heavy (non-hydrogen) atoms. The number of benzene rings is 1. The van der Waals surface area contributed by atoms with E-state index in [2.05, 4.69) is 5.32 Å². The van der Waals surface area contributed by atoms with E-state index in [1.165, 1.54) is 9.21 Å².